The van der Waals surface area contributed by atoms with Gasteiger partial charge in [-0.1, -0.05) is 31.2 Å². The van der Waals surface area contributed by atoms with Crippen LogP contribution >= 0.6 is 0 Å². The zero-order valence-electron chi connectivity index (χ0n) is 11.4. The monoisotopic (exact) mass is 243 g/mol. The van der Waals surface area contributed by atoms with Crippen LogP contribution in [-0.4, -0.2) is 9.78 Å². The first kappa shape index (κ1) is 12.7. The zero-order chi connectivity index (χ0) is 13.0. The third-order valence-electron chi connectivity index (χ3n) is 3.23. The fourth-order valence-corrected chi connectivity index (χ4v) is 1.99. The molecule has 96 valence electrons. The first-order chi connectivity index (χ1) is 8.72. The molecular formula is C15H21N3. The van der Waals surface area contributed by atoms with Gasteiger partial charge in [-0.3, -0.25) is 4.68 Å². The molecule has 0 saturated heterocycles. The highest BCUT2D eigenvalue weighted by molar-refractivity contribution is 5.41. The zero-order valence-corrected chi connectivity index (χ0v) is 11.4. The molecule has 0 aliphatic carbocycles. The quantitative estimate of drug-likeness (QED) is 0.869. The van der Waals surface area contributed by atoms with E-state index in [4.69, 9.17) is 0 Å². The van der Waals surface area contributed by atoms with Crippen molar-refractivity contribution >= 4 is 5.69 Å². The second-order valence-corrected chi connectivity index (χ2v) is 4.55. The minimum Gasteiger partial charge on any atom is -0.376 e. The lowest BCUT2D eigenvalue weighted by molar-refractivity contribution is 0.660. The summed E-state index contributed by atoms with van der Waals surface area (Å²) in [5.41, 5.74) is 3.75. The van der Waals surface area contributed by atoms with Crippen LogP contribution in [0.2, 0.25) is 0 Å². The number of benzene rings is 1. The number of nitrogens with zero attached hydrogens (tertiary/aromatic N) is 2. The maximum absolute atomic E-state index is 4.26. The fourth-order valence-electron chi connectivity index (χ4n) is 1.99. The van der Waals surface area contributed by atoms with Crippen molar-refractivity contribution in [2.24, 2.45) is 0 Å². The van der Waals surface area contributed by atoms with Crippen LogP contribution in [0.3, 0.4) is 0 Å². The first-order valence-corrected chi connectivity index (χ1v) is 6.60. The summed E-state index contributed by atoms with van der Waals surface area (Å²) in [5, 5.41) is 7.73. The number of hydrogen-bond donors (Lipinski definition) is 1. The van der Waals surface area contributed by atoms with Gasteiger partial charge in [-0.05, 0) is 31.4 Å². The van der Waals surface area contributed by atoms with Crippen LogP contribution in [0.4, 0.5) is 5.69 Å². The van der Waals surface area contributed by atoms with Gasteiger partial charge in [0.2, 0.25) is 0 Å². The minimum atomic E-state index is 0.297. The number of nitrogens with one attached hydrogen (secondary N) is 1. The molecule has 1 heterocycles. The van der Waals surface area contributed by atoms with Gasteiger partial charge in [-0.2, -0.15) is 5.10 Å². The third kappa shape index (κ3) is 2.92. The summed E-state index contributed by atoms with van der Waals surface area (Å²) < 4.78 is 1.93. The topological polar surface area (TPSA) is 29.9 Å². The molecule has 3 nitrogen and oxygen atoms in total. The van der Waals surface area contributed by atoms with Crippen LogP contribution < -0.4 is 5.32 Å². The summed E-state index contributed by atoms with van der Waals surface area (Å²) in [6.07, 6.45) is 5.00. The van der Waals surface area contributed by atoms with Gasteiger partial charge < -0.3 is 5.32 Å². The highest BCUT2D eigenvalue weighted by Crippen LogP contribution is 2.19. The van der Waals surface area contributed by atoms with E-state index in [1.165, 1.54) is 11.1 Å². The van der Waals surface area contributed by atoms with E-state index in [1.54, 1.807) is 0 Å². The molecule has 0 radical (unpaired) electrons. The number of aryl methyl sites for hydroxylation is 2. The second-order valence-electron chi connectivity index (χ2n) is 4.55. The maximum Gasteiger partial charge on any atom is 0.0731 e. The van der Waals surface area contributed by atoms with E-state index >= 15 is 0 Å². The Labute approximate surface area is 109 Å². The lowest BCUT2D eigenvalue weighted by Gasteiger charge is -2.14. The lowest BCUT2D eigenvalue weighted by Crippen LogP contribution is -2.06. The molecule has 1 unspecified atom stereocenters. The van der Waals surface area contributed by atoms with Crippen LogP contribution in [0.25, 0.3) is 0 Å². The molecule has 1 aromatic carbocycles. The molecule has 0 spiro atoms. The summed E-state index contributed by atoms with van der Waals surface area (Å²) in [7, 11) is 0. The highest BCUT2D eigenvalue weighted by Gasteiger charge is 2.06. The van der Waals surface area contributed by atoms with Crippen molar-refractivity contribution in [2.75, 3.05) is 5.32 Å². The largest absolute Gasteiger partial charge is 0.376 e. The van der Waals surface area contributed by atoms with Gasteiger partial charge in [0.25, 0.3) is 0 Å². The van der Waals surface area contributed by atoms with Crippen LogP contribution in [0.1, 0.15) is 37.9 Å². The van der Waals surface area contributed by atoms with Crippen molar-refractivity contribution in [3.05, 3.63) is 47.8 Å². The van der Waals surface area contributed by atoms with E-state index < -0.39 is 0 Å². The summed E-state index contributed by atoms with van der Waals surface area (Å²) in [4.78, 5) is 0. The molecule has 0 amide bonds. The normalized spacial score (nSPS) is 12.4. The van der Waals surface area contributed by atoms with Crippen LogP contribution in [0.15, 0.2) is 36.7 Å². The standard InChI is InChI=1S/C15H21N3/c1-4-13-6-8-14(9-7-13)12(3)17-15-10-16-18(5-2)11-15/h6-12,17H,4-5H2,1-3H3. The lowest BCUT2D eigenvalue weighted by atomic mass is 10.1. The van der Waals surface area contributed by atoms with Gasteiger partial charge in [0.05, 0.1) is 11.9 Å². The summed E-state index contributed by atoms with van der Waals surface area (Å²) >= 11 is 0. The van der Waals surface area contributed by atoms with E-state index in [2.05, 4.69) is 55.5 Å². The molecule has 0 aliphatic heterocycles. The maximum atomic E-state index is 4.26. The number of aromatic nitrogens is 2. The predicted molar refractivity (Wildman–Crippen MR) is 75.8 cm³/mol. The van der Waals surface area contributed by atoms with E-state index in [1.807, 2.05) is 17.1 Å². The van der Waals surface area contributed by atoms with Gasteiger partial charge in [0, 0.05) is 18.8 Å². The Morgan fingerprint density at radius 2 is 1.94 bits per heavy atom. The molecule has 0 fully saturated rings. The van der Waals surface area contributed by atoms with Crippen molar-refractivity contribution < 1.29 is 0 Å². The number of hydrogen-bond acceptors (Lipinski definition) is 2. The van der Waals surface area contributed by atoms with Gasteiger partial charge in [0.15, 0.2) is 0 Å². The minimum absolute atomic E-state index is 0.297. The predicted octanol–water partition coefficient (Wildman–Crippen LogP) is 3.64. The molecular weight excluding hydrogens is 222 g/mol. The Morgan fingerprint density at radius 3 is 2.50 bits per heavy atom. The first-order valence-electron chi connectivity index (χ1n) is 6.60. The average molecular weight is 243 g/mol. The third-order valence-corrected chi connectivity index (χ3v) is 3.23. The van der Waals surface area contributed by atoms with E-state index in [9.17, 15) is 0 Å². The number of anilines is 1. The molecule has 2 rings (SSSR count). The van der Waals surface area contributed by atoms with Crippen LogP contribution in [0, 0.1) is 0 Å². The molecule has 1 N–H and O–H groups in total. The van der Waals surface area contributed by atoms with Crippen LogP contribution in [0.5, 0.6) is 0 Å². The molecule has 2 aromatic rings. The van der Waals surface area contributed by atoms with Crippen molar-refractivity contribution in [2.45, 2.75) is 39.8 Å². The van der Waals surface area contributed by atoms with Gasteiger partial charge in [-0.25, -0.2) is 0 Å². The molecule has 0 aliphatic rings. The Balaban J connectivity index is 2.03. The second kappa shape index (κ2) is 5.71. The van der Waals surface area contributed by atoms with E-state index in [-0.39, 0.29) is 0 Å². The van der Waals surface area contributed by atoms with E-state index in [0.717, 1.165) is 18.7 Å². The van der Waals surface area contributed by atoms with Crippen molar-refractivity contribution in [1.29, 1.82) is 0 Å². The van der Waals surface area contributed by atoms with Gasteiger partial charge >= 0.3 is 0 Å². The molecule has 0 bridgehead atoms. The summed E-state index contributed by atoms with van der Waals surface area (Å²) in [6.45, 7) is 7.34. The van der Waals surface area contributed by atoms with Gasteiger partial charge in [-0.15, -0.1) is 0 Å². The Morgan fingerprint density at radius 1 is 1.22 bits per heavy atom. The number of rotatable bonds is 5. The molecule has 18 heavy (non-hydrogen) atoms. The average Bonchev–Trinajstić information content (AvgIpc) is 2.86. The highest BCUT2D eigenvalue weighted by atomic mass is 15.3. The molecule has 1 aromatic heterocycles. The molecule has 3 heteroatoms. The Bertz CT molecular complexity index is 485. The Kier molecular flexibility index (Phi) is 4.03. The smallest absolute Gasteiger partial charge is 0.0731 e. The SMILES string of the molecule is CCc1ccc(C(C)Nc2cnn(CC)c2)cc1. The van der Waals surface area contributed by atoms with Crippen molar-refractivity contribution in [3.63, 3.8) is 0 Å². The summed E-state index contributed by atoms with van der Waals surface area (Å²) in [5.74, 6) is 0. The van der Waals surface area contributed by atoms with Crippen LogP contribution in [-0.2, 0) is 13.0 Å². The Hall–Kier alpha value is -1.77. The van der Waals surface area contributed by atoms with Crippen molar-refractivity contribution in [1.82, 2.24) is 9.78 Å². The molecule has 0 saturated carbocycles. The van der Waals surface area contributed by atoms with Crippen molar-refractivity contribution in [3.8, 4) is 0 Å². The fraction of sp³-hybridized carbons (Fsp3) is 0.400. The van der Waals surface area contributed by atoms with Gasteiger partial charge in [0.1, 0.15) is 0 Å². The van der Waals surface area contributed by atoms with E-state index in [0.29, 0.717) is 6.04 Å². The summed E-state index contributed by atoms with van der Waals surface area (Å²) in [6, 6.07) is 9.08. The molecule has 1 atom stereocenters.